The van der Waals surface area contributed by atoms with E-state index in [-0.39, 0.29) is 5.56 Å². The molecular formula is C19H20N4O. The van der Waals surface area contributed by atoms with Gasteiger partial charge in [0.2, 0.25) is 0 Å². The normalized spacial score (nSPS) is 11.7. The molecule has 0 fully saturated rings. The standard InChI is InChI=1S/C19H20N4O/c1-3-9-16-18(14(2)21-17-12-7-8-13-20-17)19(24)23(22-16)15-10-5-4-6-11-15/h4-8,10-13,22H,3,9H2,1-2H3. The minimum absolute atomic E-state index is 0.0816. The molecule has 0 aliphatic rings. The fourth-order valence-corrected chi connectivity index (χ4v) is 2.69. The summed E-state index contributed by atoms with van der Waals surface area (Å²) in [7, 11) is 0. The second-order valence-electron chi connectivity index (χ2n) is 5.58. The number of H-pyrrole nitrogens is 1. The highest BCUT2D eigenvalue weighted by molar-refractivity contribution is 6.00. The van der Waals surface area contributed by atoms with Crippen molar-refractivity contribution in [2.45, 2.75) is 26.7 Å². The number of hydrogen-bond donors (Lipinski definition) is 1. The lowest BCUT2D eigenvalue weighted by Gasteiger charge is -2.00. The van der Waals surface area contributed by atoms with Crippen molar-refractivity contribution in [2.75, 3.05) is 0 Å². The monoisotopic (exact) mass is 320 g/mol. The number of rotatable bonds is 5. The summed E-state index contributed by atoms with van der Waals surface area (Å²) in [6.07, 6.45) is 3.43. The van der Waals surface area contributed by atoms with Crippen molar-refractivity contribution in [3.05, 3.63) is 76.3 Å². The second kappa shape index (κ2) is 7.08. The molecule has 3 rings (SSSR count). The van der Waals surface area contributed by atoms with Crippen molar-refractivity contribution in [3.63, 3.8) is 0 Å². The predicted molar refractivity (Wildman–Crippen MR) is 96.5 cm³/mol. The first-order valence-corrected chi connectivity index (χ1v) is 8.06. The molecule has 0 amide bonds. The predicted octanol–water partition coefficient (Wildman–Crippen LogP) is 3.65. The zero-order chi connectivity index (χ0) is 16.9. The van der Waals surface area contributed by atoms with Crippen molar-refractivity contribution >= 4 is 11.5 Å². The third kappa shape index (κ3) is 3.20. The maximum atomic E-state index is 12.9. The van der Waals surface area contributed by atoms with Gasteiger partial charge in [0.05, 0.1) is 17.0 Å². The minimum Gasteiger partial charge on any atom is -0.294 e. The van der Waals surface area contributed by atoms with E-state index in [1.54, 1.807) is 10.9 Å². The summed E-state index contributed by atoms with van der Waals surface area (Å²) in [5, 5.41) is 3.24. The number of aromatic nitrogens is 3. The van der Waals surface area contributed by atoms with Gasteiger partial charge in [0.1, 0.15) is 0 Å². The Morgan fingerprint density at radius 1 is 1.17 bits per heavy atom. The Bertz CT molecular complexity index is 892. The van der Waals surface area contributed by atoms with Crippen LogP contribution in [0.1, 0.15) is 31.5 Å². The van der Waals surface area contributed by atoms with Gasteiger partial charge in [-0.3, -0.25) is 9.89 Å². The van der Waals surface area contributed by atoms with Gasteiger partial charge in [0.25, 0.3) is 5.56 Å². The second-order valence-corrected chi connectivity index (χ2v) is 5.58. The van der Waals surface area contributed by atoms with E-state index < -0.39 is 0 Å². The summed E-state index contributed by atoms with van der Waals surface area (Å²) in [6.45, 7) is 3.95. The number of para-hydroxylation sites is 1. The van der Waals surface area contributed by atoms with Crippen LogP contribution in [0.2, 0.25) is 0 Å². The molecule has 0 saturated carbocycles. The Balaban J connectivity index is 2.11. The van der Waals surface area contributed by atoms with Crippen LogP contribution in [0.4, 0.5) is 5.82 Å². The fraction of sp³-hybridized carbons (Fsp3) is 0.211. The quantitative estimate of drug-likeness (QED) is 0.729. The van der Waals surface area contributed by atoms with Gasteiger partial charge >= 0.3 is 0 Å². The highest BCUT2D eigenvalue weighted by Crippen LogP contribution is 2.13. The van der Waals surface area contributed by atoms with E-state index in [9.17, 15) is 4.79 Å². The average Bonchev–Trinajstić information content (AvgIpc) is 2.93. The van der Waals surface area contributed by atoms with Crippen molar-refractivity contribution in [1.82, 2.24) is 14.8 Å². The maximum absolute atomic E-state index is 12.9. The summed E-state index contributed by atoms with van der Waals surface area (Å²) in [5.41, 5.74) is 2.95. The van der Waals surface area contributed by atoms with Gasteiger partial charge in [-0.1, -0.05) is 37.6 Å². The Morgan fingerprint density at radius 2 is 1.92 bits per heavy atom. The van der Waals surface area contributed by atoms with Crippen LogP contribution in [0.15, 0.2) is 64.5 Å². The van der Waals surface area contributed by atoms with E-state index in [1.165, 1.54) is 0 Å². The lowest BCUT2D eigenvalue weighted by Crippen LogP contribution is -2.19. The molecule has 0 aliphatic carbocycles. The average molecular weight is 320 g/mol. The van der Waals surface area contributed by atoms with Gasteiger partial charge in [-0.15, -0.1) is 0 Å². The lowest BCUT2D eigenvalue weighted by molar-refractivity contribution is 0.793. The van der Waals surface area contributed by atoms with E-state index in [0.29, 0.717) is 17.1 Å². The molecule has 24 heavy (non-hydrogen) atoms. The third-order valence-corrected chi connectivity index (χ3v) is 3.77. The summed E-state index contributed by atoms with van der Waals surface area (Å²) in [5.74, 6) is 0.601. The molecule has 0 aliphatic heterocycles. The van der Waals surface area contributed by atoms with Crippen LogP contribution in [0.5, 0.6) is 0 Å². The number of aliphatic imine (C=N–C) groups is 1. The SMILES string of the molecule is CCCc1[nH]n(-c2ccccc2)c(=O)c1C(C)=Nc1ccccn1. The summed E-state index contributed by atoms with van der Waals surface area (Å²) in [6, 6.07) is 15.1. The molecule has 0 atom stereocenters. The molecule has 0 saturated heterocycles. The molecule has 2 heterocycles. The molecule has 5 nitrogen and oxygen atoms in total. The van der Waals surface area contributed by atoms with Crippen molar-refractivity contribution in [2.24, 2.45) is 4.99 Å². The Hall–Kier alpha value is -2.95. The number of hydrogen-bond acceptors (Lipinski definition) is 3. The zero-order valence-electron chi connectivity index (χ0n) is 13.9. The molecule has 122 valence electrons. The van der Waals surface area contributed by atoms with E-state index in [2.05, 4.69) is 22.0 Å². The molecule has 1 N–H and O–H groups in total. The van der Waals surface area contributed by atoms with E-state index >= 15 is 0 Å². The Kier molecular flexibility index (Phi) is 4.70. The number of aryl methyl sites for hydroxylation is 1. The van der Waals surface area contributed by atoms with Crippen molar-refractivity contribution < 1.29 is 0 Å². The van der Waals surface area contributed by atoms with Crippen LogP contribution in [0, 0.1) is 0 Å². The van der Waals surface area contributed by atoms with Gasteiger partial charge < -0.3 is 0 Å². The summed E-state index contributed by atoms with van der Waals surface area (Å²) >= 11 is 0. The maximum Gasteiger partial charge on any atom is 0.280 e. The molecule has 5 heteroatoms. The fourth-order valence-electron chi connectivity index (χ4n) is 2.69. The first-order valence-electron chi connectivity index (χ1n) is 8.06. The van der Waals surface area contributed by atoms with Gasteiger partial charge in [-0.2, -0.15) is 0 Å². The first kappa shape index (κ1) is 15.9. The summed E-state index contributed by atoms with van der Waals surface area (Å²) in [4.78, 5) is 21.6. The summed E-state index contributed by atoms with van der Waals surface area (Å²) < 4.78 is 1.58. The number of nitrogens with zero attached hydrogens (tertiary/aromatic N) is 3. The van der Waals surface area contributed by atoms with Crippen molar-refractivity contribution in [1.29, 1.82) is 0 Å². The van der Waals surface area contributed by atoms with Crippen LogP contribution in [0.25, 0.3) is 5.69 Å². The topological polar surface area (TPSA) is 63.0 Å². The van der Waals surface area contributed by atoms with Crippen LogP contribution < -0.4 is 5.56 Å². The highest BCUT2D eigenvalue weighted by Gasteiger charge is 2.17. The lowest BCUT2D eigenvalue weighted by atomic mass is 10.1. The van der Waals surface area contributed by atoms with Crippen LogP contribution >= 0.6 is 0 Å². The van der Waals surface area contributed by atoms with E-state index in [4.69, 9.17) is 0 Å². The number of pyridine rings is 1. The van der Waals surface area contributed by atoms with Gasteiger partial charge in [-0.25, -0.2) is 14.7 Å². The molecule has 0 radical (unpaired) electrons. The molecule has 0 spiro atoms. The first-order chi connectivity index (χ1) is 11.7. The molecule has 1 aromatic carbocycles. The largest absolute Gasteiger partial charge is 0.294 e. The third-order valence-electron chi connectivity index (χ3n) is 3.77. The van der Waals surface area contributed by atoms with E-state index in [0.717, 1.165) is 24.2 Å². The number of benzene rings is 1. The number of nitrogens with one attached hydrogen (secondary N) is 1. The molecule has 3 aromatic rings. The van der Waals surface area contributed by atoms with Gasteiger partial charge in [-0.05, 0) is 37.6 Å². The minimum atomic E-state index is -0.0816. The smallest absolute Gasteiger partial charge is 0.280 e. The Labute approximate surface area is 140 Å². The van der Waals surface area contributed by atoms with Crippen LogP contribution in [0.3, 0.4) is 0 Å². The Morgan fingerprint density at radius 3 is 2.58 bits per heavy atom. The molecule has 0 bridgehead atoms. The number of aromatic amines is 1. The molecule has 2 aromatic heterocycles. The van der Waals surface area contributed by atoms with Crippen molar-refractivity contribution in [3.8, 4) is 5.69 Å². The highest BCUT2D eigenvalue weighted by atomic mass is 16.1. The van der Waals surface area contributed by atoms with E-state index in [1.807, 2.05) is 55.5 Å². The molecular weight excluding hydrogens is 300 g/mol. The van der Waals surface area contributed by atoms with Gasteiger partial charge in [0, 0.05) is 11.9 Å². The van der Waals surface area contributed by atoms with Crippen LogP contribution in [-0.4, -0.2) is 20.5 Å². The van der Waals surface area contributed by atoms with Crippen LogP contribution in [-0.2, 0) is 6.42 Å². The zero-order valence-corrected chi connectivity index (χ0v) is 13.9. The van der Waals surface area contributed by atoms with Gasteiger partial charge in [0.15, 0.2) is 5.82 Å². The molecule has 0 unspecified atom stereocenters.